The second-order valence-electron chi connectivity index (χ2n) is 4.58. The summed E-state index contributed by atoms with van der Waals surface area (Å²) in [4.78, 5) is 22.2. The smallest absolute Gasteiger partial charge is 0.305 e. The highest BCUT2D eigenvalue weighted by atomic mass is 16.5. The Balaban J connectivity index is 1.92. The molecule has 0 amide bonds. The number of ether oxygens (including phenoxy) is 1. The average molecular weight is 226 g/mol. The molecule has 1 unspecified atom stereocenters. The van der Waals surface area contributed by atoms with Crippen LogP contribution in [0.4, 0.5) is 0 Å². The van der Waals surface area contributed by atoms with Gasteiger partial charge in [0.2, 0.25) is 0 Å². The Labute approximate surface area is 97.5 Å². The third-order valence-corrected chi connectivity index (χ3v) is 3.34. The third kappa shape index (κ3) is 4.77. The molecule has 0 spiro atoms. The molecular formula is C13H22O3. The van der Waals surface area contributed by atoms with Crippen LogP contribution in [-0.2, 0) is 14.3 Å². The van der Waals surface area contributed by atoms with Crippen molar-refractivity contribution in [1.29, 1.82) is 0 Å². The van der Waals surface area contributed by atoms with Crippen LogP contribution in [0.25, 0.3) is 0 Å². The normalized spacial score (nSPS) is 20.1. The van der Waals surface area contributed by atoms with Crippen LogP contribution in [0.5, 0.6) is 0 Å². The van der Waals surface area contributed by atoms with Crippen LogP contribution in [0.2, 0.25) is 0 Å². The van der Waals surface area contributed by atoms with Crippen LogP contribution in [0.1, 0.15) is 57.8 Å². The quantitative estimate of drug-likeness (QED) is 0.495. The number of carbonyl (C=O) groups excluding carboxylic acids is 2. The summed E-state index contributed by atoms with van der Waals surface area (Å²) in [5.74, 6) is 0.695. The summed E-state index contributed by atoms with van der Waals surface area (Å²) in [7, 11) is 1.42. The molecule has 0 aromatic carbocycles. The first kappa shape index (κ1) is 13.2. The van der Waals surface area contributed by atoms with Crippen molar-refractivity contribution in [1.82, 2.24) is 0 Å². The molecule has 0 heterocycles. The first-order valence-electron chi connectivity index (χ1n) is 6.33. The lowest BCUT2D eigenvalue weighted by molar-refractivity contribution is -0.140. The molecule has 1 saturated carbocycles. The zero-order valence-electron chi connectivity index (χ0n) is 10.2. The molecule has 92 valence electrons. The molecule has 0 radical (unpaired) electrons. The molecular weight excluding hydrogens is 204 g/mol. The summed E-state index contributed by atoms with van der Waals surface area (Å²) in [5, 5.41) is 0. The monoisotopic (exact) mass is 226 g/mol. The van der Waals surface area contributed by atoms with E-state index in [2.05, 4.69) is 4.74 Å². The van der Waals surface area contributed by atoms with E-state index >= 15 is 0 Å². The van der Waals surface area contributed by atoms with E-state index in [1.54, 1.807) is 0 Å². The zero-order chi connectivity index (χ0) is 11.8. The van der Waals surface area contributed by atoms with Gasteiger partial charge in [-0.25, -0.2) is 0 Å². The van der Waals surface area contributed by atoms with Crippen molar-refractivity contribution >= 4 is 11.8 Å². The highest BCUT2D eigenvalue weighted by Gasteiger charge is 2.23. The molecule has 1 rings (SSSR count). The van der Waals surface area contributed by atoms with Gasteiger partial charge in [0.25, 0.3) is 0 Å². The van der Waals surface area contributed by atoms with Crippen LogP contribution < -0.4 is 0 Å². The van der Waals surface area contributed by atoms with E-state index < -0.39 is 0 Å². The third-order valence-electron chi connectivity index (χ3n) is 3.34. The molecule has 1 atom stereocenters. The van der Waals surface area contributed by atoms with Gasteiger partial charge in [0.1, 0.15) is 5.78 Å². The number of hydrogen-bond acceptors (Lipinski definition) is 3. The van der Waals surface area contributed by atoms with Gasteiger partial charge in [0.05, 0.1) is 7.11 Å². The molecule has 0 aromatic heterocycles. The Morgan fingerprint density at radius 3 is 2.69 bits per heavy atom. The van der Waals surface area contributed by atoms with Gasteiger partial charge in [-0.2, -0.15) is 0 Å². The molecule has 1 fully saturated rings. The summed E-state index contributed by atoms with van der Waals surface area (Å²) in [5.41, 5.74) is 0. The van der Waals surface area contributed by atoms with Crippen molar-refractivity contribution in [3.63, 3.8) is 0 Å². The Morgan fingerprint density at radius 1 is 1.31 bits per heavy atom. The van der Waals surface area contributed by atoms with Gasteiger partial charge in [-0.05, 0) is 25.7 Å². The minimum Gasteiger partial charge on any atom is -0.469 e. The van der Waals surface area contributed by atoms with Crippen LogP contribution in [0.15, 0.2) is 0 Å². The number of carbonyl (C=O) groups is 2. The zero-order valence-corrected chi connectivity index (χ0v) is 10.2. The van der Waals surface area contributed by atoms with Crippen molar-refractivity contribution in [3.05, 3.63) is 0 Å². The van der Waals surface area contributed by atoms with Crippen LogP contribution in [0, 0.1) is 5.92 Å². The number of Topliss-reactive ketones (excluding diaryl/α,β-unsaturated/α-hetero) is 1. The number of hydrogen-bond donors (Lipinski definition) is 0. The van der Waals surface area contributed by atoms with Gasteiger partial charge >= 0.3 is 5.97 Å². The highest BCUT2D eigenvalue weighted by Crippen LogP contribution is 2.26. The largest absolute Gasteiger partial charge is 0.469 e. The van der Waals surface area contributed by atoms with E-state index in [1.807, 2.05) is 0 Å². The topological polar surface area (TPSA) is 43.4 Å². The fourth-order valence-corrected chi connectivity index (χ4v) is 2.31. The van der Waals surface area contributed by atoms with E-state index in [9.17, 15) is 9.59 Å². The lowest BCUT2D eigenvalue weighted by Crippen LogP contribution is -2.05. The summed E-state index contributed by atoms with van der Waals surface area (Å²) < 4.78 is 4.57. The molecule has 1 aliphatic rings. The molecule has 0 bridgehead atoms. The van der Waals surface area contributed by atoms with Crippen LogP contribution in [0.3, 0.4) is 0 Å². The minimum atomic E-state index is -0.119. The number of unbranched alkanes of at least 4 members (excludes halogenated alkanes) is 3. The summed E-state index contributed by atoms with van der Waals surface area (Å²) in [6.45, 7) is 0. The summed E-state index contributed by atoms with van der Waals surface area (Å²) >= 11 is 0. The molecule has 0 N–H and O–H groups in total. The number of ketones is 1. The predicted molar refractivity (Wildman–Crippen MR) is 62.1 cm³/mol. The molecule has 0 aromatic rings. The molecule has 16 heavy (non-hydrogen) atoms. The second kappa shape index (κ2) is 7.42. The maximum Gasteiger partial charge on any atom is 0.305 e. The molecule has 0 aliphatic heterocycles. The van der Waals surface area contributed by atoms with Crippen LogP contribution in [-0.4, -0.2) is 18.9 Å². The lowest BCUT2D eigenvalue weighted by Gasteiger charge is -2.06. The number of rotatable bonds is 7. The SMILES string of the molecule is COC(=O)CCCCCCC1CCCC1=O. The first-order chi connectivity index (χ1) is 7.74. The Bertz CT molecular complexity index is 235. The standard InChI is InChI=1S/C13H22O3/c1-16-13(15)10-5-3-2-4-7-11-8-6-9-12(11)14/h11H,2-10H2,1H3. The Kier molecular flexibility index (Phi) is 6.12. The van der Waals surface area contributed by atoms with E-state index in [0.717, 1.165) is 51.4 Å². The second-order valence-corrected chi connectivity index (χ2v) is 4.58. The maximum absolute atomic E-state index is 11.4. The first-order valence-corrected chi connectivity index (χ1v) is 6.33. The van der Waals surface area contributed by atoms with E-state index in [4.69, 9.17) is 0 Å². The maximum atomic E-state index is 11.4. The van der Waals surface area contributed by atoms with Crippen molar-refractivity contribution < 1.29 is 14.3 Å². The predicted octanol–water partition coefficient (Wildman–Crippen LogP) is 2.87. The summed E-state index contributed by atoms with van der Waals surface area (Å²) in [6.07, 6.45) is 8.79. The van der Waals surface area contributed by atoms with Crippen molar-refractivity contribution in [3.8, 4) is 0 Å². The van der Waals surface area contributed by atoms with E-state index in [1.165, 1.54) is 7.11 Å². The van der Waals surface area contributed by atoms with E-state index in [-0.39, 0.29) is 5.97 Å². The van der Waals surface area contributed by atoms with Gasteiger partial charge in [-0.3, -0.25) is 9.59 Å². The Morgan fingerprint density at radius 2 is 2.06 bits per heavy atom. The van der Waals surface area contributed by atoms with Crippen molar-refractivity contribution in [2.75, 3.05) is 7.11 Å². The van der Waals surface area contributed by atoms with Gasteiger partial charge in [-0.15, -0.1) is 0 Å². The van der Waals surface area contributed by atoms with Gasteiger partial charge < -0.3 is 4.74 Å². The van der Waals surface area contributed by atoms with Crippen molar-refractivity contribution in [2.45, 2.75) is 57.8 Å². The van der Waals surface area contributed by atoms with Crippen LogP contribution >= 0.6 is 0 Å². The van der Waals surface area contributed by atoms with E-state index in [0.29, 0.717) is 18.1 Å². The number of methoxy groups -OCH3 is 1. The van der Waals surface area contributed by atoms with Crippen molar-refractivity contribution in [2.24, 2.45) is 5.92 Å². The highest BCUT2D eigenvalue weighted by molar-refractivity contribution is 5.82. The average Bonchev–Trinajstić information content (AvgIpc) is 2.69. The Hall–Kier alpha value is -0.860. The molecule has 3 nitrogen and oxygen atoms in total. The molecule has 1 aliphatic carbocycles. The molecule has 0 saturated heterocycles. The fourth-order valence-electron chi connectivity index (χ4n) is 2.31. The molecule has 3 heteroatoms. The lowest BCUT2D eigenvalue weighted by atomic mass is 9.98. The number of esters is 1. The van der Waals surface area contributed by atoms with Gasteiger partial charge in [0.15, 0.2) is 0 Å². The van der Waals surface area contributed by atoms with Gasteiger partial charge in [-0.1, -0.05) is 19.3 Å². The fraction of sp³-hybridized carbons (Fsp3) is 0.846. The minimum absolute atomic E-state index is 0.119. The summed E-state index contributed by atoms with van der Waals surface area (Å²) in [6, 6.07) is 0. The van der Waals surface area contributed by atoms with Gasteiger partial charge in [0, 0.05) is 18.8 Å².